The quantitative estimate of drug-likeness (QED) is 0.144. The molecule has 6 fully saturated rings. The molecule has 5 N–H and O–H groups in total. The van der Waals surface area contributed by atoms with Crippen molar-refractivity contribution in [1.29, 1.82) is 5.26 Å². The Labute approximate surface area is 527 Å². The summed E-state index contributed by atoms with van der Waals surface area (Å²) in [4.78, 5) is 36.8. The zero-order chi connectivity index (χ0) is 56.5. The van der Waals surface area contributed by atoms with Crippen LogP contribution in [0.2, 0.25) is 0 Å². The van der Waals surface area contributed by atoms with E-state index in [1.807, 2.05) is 20.8 Å². The topological polar surface area (TPSA) is 305 Å². The number of aliphatic carboxylic acids is 2. The zero-order valence-corrected chi connectivity index (χ0v) is 56.3. The van der Waals surface area contributed by atoms with Crippen LogP contribution in [0.15, 0.2) is 20.2 Å². The standard InChI is InChI=1S/C54H86N12O8S4.2Na/c1-26-15-28(3)44(29(4)16-26)60-48-45(30(5)19-43(59-48)65(46-31(6)17-27(2)18-32(46)7)52-57-39-13-11-36(77(56,71)72)23-41(39)75-52)61-62-49-38(25-55)47(54(8,9)10)63-66(49)53-58-40-14-12-37(24-42(40)76-53)78(73,74)64-35-21-33(50(67)68)20-34(22-35)51(69)70;;/h26-37,39-46,48,59-60,64H,11-24H2,1-10H3,(H,67,68)(H,69,70)(H2,56,71,72);;/q;2*+1/p-2. The summed E-state index contributed by atoms with van der Waals surface area (Å²) in [7, 11) is -7.70. The minimum Gasteiger partial charge on any atom is -0.550 e. The first-order valence-corrected chi connectivity index (χ1v) is 33.7. The third-order valence-corrected chi connectivity index (χ3v) is 24.8. The van der Waals surface area contributed by atoms with Crippen LogP contribution in [-0.2, 0) is 35.1 Å². The Kier molecular flexibility index (Phi) is 21.9. The minimum absolute atomic E-state index is 0. The van der Waals surface area contributed by atoms with Gasteiger partial charge in [0.25, 0.3) is 0 Å². The number of primary sulfonamides is 1. The molecule has 5 aliphatic carbocycles. The summed E-state index contributed by atoms with van der Waals surface area (Å²) in [5.41, 5.74) is 0.256. The van der Waals surface area contributed by atoms with E-state index in [9.17, 15) is 41.9 Å². The Morgan fingerprint density at radius 2 is 1.31 bits per heavy atom. The van der Waals surface area contributed by atoms with Gasteiger partial charge in [-0.1, -0.05) is 92.8 Å². The first kappa shape index (κ1) is 66.3. The van der Waals surface area contributed by atoms with Crippen molar-refractivity contribution in [3.05, 3.63) is 11.3 Å². The average molecular weight is 1200 g/mol. The molecular weight excluding hydrogens is 1120 g/mol. The van der Waals surface area contributed by atoms with Crippen LogP contribution in [0.25, 0.3) is 0 Å². The molecule has 9 rings (SSSR count). The van der Waals surface area contributed by atoms with E-state index in [4.69, 9.17) is 30.5 Å². The van der Waals surface area contributed by atoms with Gasteiger partial charge in [0.2, 0.25) is 20.0 Å². The largest absolute Gasteiger partial charge is 1.00 e. The van der Waals surface area contributed by atoms with Gasteiger partial charge in [-0.15, -0.1) is 5.11 Å². The second-order valence-corrected chi connectivity index (χ2v) is 32.6. The number of aliphatic imine (C=N–C) groups is 2. The first-order valence-electron chi connectivity index (χ1n) is 28.8. The van der Waals surface area contributed by atoms with Crippen molar-refractivity contribution >= 4 is 71.7 Å². The molecule has 20 nitrogen and oxygen atoms in total. The number of rotatable bonds is 12. The number of thioether (sulfide) groups is 2. The maximum atomic E-state index is 14.0. The zero-order valence-electron chi connectivity index (χ0n) is 49.1. The van der Waals surface area contributed by atoms with Gasteiger partial charge < -0.3 is 24.7 Å². The number of nitriles is 1. The summed E-state index contributed by atoms with van der Waals surface area (Å²) in [6.45, 7) is 22.3. The Morgan fingerprint density at radius 3 is 1.88 bits per heavy atom. The minimum atomic E-state index is -4.02. The van der Waals surface area contributed by atoms with E-state index in [1.165, 1.54) is 11.8 Å². The average Bonchev–Trinajstić information content (AvgIpc) is 4.07. The monoisotopic (exact) mass is 1200 g/mol. The van der Waals surface area contributed by atoms with E-state index in [0.717, 1.165) is 30.9 Å². The predicted octanol–water partition coefficient (Wildman–Crippen LogP) is -1.05. The van der Waals surface area contributed by atoms with Crippen LogP contribution in [0, 0.1) is 64.6 Å². The summed E-state index contributed by atoms with van der Waals surface area (Å²) in [5, 5.41) is 63.9. The number of piperidine rings is 1. The molecule has 0 amide bonds. The molecule has 16 unspecified atom stereocenters. The first-order chi connectivity index (χ1) is 36.6. The summed E-state index contributed by atoms with van der Waals surface area (Å²) >= 11 is 3.13. The number of aromatic nitrogens is 2. The van der Waals surface area contributed by atoms with Crippen LogP contribution in [-0.4, -0.2) is 123 Å². The number of amidine groups is 1. The van der Waals surface area contributed by atoms with Gasteiger partial charge in [0.05, 0.1) is 40.6 Å². The number of carbonyl (C=O) groups excluding carboxylic acids is 2. The summed E-state index contributed by atoms with van der Waals surface area (Å²) in [5.74, 6) is -2.07. The molecule has 434 valence electrons. The smallest absolute Gasteiger partial charge is 0.550 e. The summed E-state index contributed by atoms with van der Waals surface area (Å²) in [6.07, 6.45) is 6.97. The molecule has 8 aliphatic rings. The Bertz CT molecular complexity index is 2750. The van der Waals surface area contributed by atoms with Crippen LogP contribution in [0.5, 0.6) is 0 Å². The number of hydrogen-bond acceptors (Lipinski definition) is 19. The van der Waals surface area contributed by atoms with E-state index in [1.54, 1.807) is 16.4 Å². The maximum absolute atomic E-state index is 14.0. The van der Waals surface area contributed by atoms with Gasteiger partial charge in [-0.25, -0.2) is 26.7 Å². The number of nitrogens with one attached hydrogen (secondary N) is 3. The fraction of sp³-hybridized carbons (Fsp3) is 0.852. The molecule has 5 saturated carbocycles. The Hall–Kier alpha value is -1.18. The van der Waals surface area contributed by atoms with Crippen molar-refractivity contribution < 1.29 is 95.8 Å². The number of carbonyl (C=O) groups is 2. The van der Waals surface area contributed by atoms with Crippen LogP contribution >= 0.6 is 23.5 Å². The van der Waals surface area contributed by atoms with Crippen molar-refractivity contribution in [2.75, 3.05) is 0 Å². The number of azo groups is 1. The fourth-order valence-corrected chi connectivity index (χ4v) is 21.2. The van der Waals surface area contributed by atoms with E-state index in [-0.39, 0.29) is 162 Å². The molecule has 0 bridgehead atoms. The summed E-state index contributed by atoms with van der Waals surface area (Å²) < 4.78 is 57.6. The van der Waals surface area contributed by atoms with Crippen LogP contribution in [0.3, 0.4) is 0 Å². The molecule has 0 aromatic carbocycles. The van der Waals surface area contributed by atoms with Crippen LogP contribution < -0.4 is 89.8 Å². The molecule has 1 saturated heterocycles. The van der Waals surface area contributed by atoms with Gasteiger partial charge >= 0.3 is 59.1 Å². The maximum Gasteiger partial charge on any atom is 1.00 e. The second kappa shape index (κ2) is 26.4. The number of carboxylic acid groups (broad SMARTS) is 2. The van der Waals surface area contributed by atoms with E-state index >= 15 is 0 Å². The van der Waals surface area contributed by atoms with Gasteiger partial charge in [-0.3, -0.25) is 20.6 Å². The molecule has 16 atom stereocenters. The predicted molar refractivity (Wildman–Crippen MR) is 300 cm³/mol. The van der Waals surface area contributed by atoms with Crippen molar-refractivity contribution in [1.82, 2.24) is 30.0 Å². The molecule has 4 heterocycles. The number of carboxylic acids is 2. The van der Waals surface area contributed by atoms with Crippen molar-refractivity contribution in [2.45, 2.75) is 234 Å². The number of nitrogens with zero attached hydrogens (tertiary/aromatic N) is 8. The third kappa shape index (κ3) is 14.4. The molecule has 1 aromatic rings. The van der Waals surface area contributed by atoms with Gasteiger partial charge in [-0.2, -0.15) is 20.2 Å². The molecule has 3 aliphatic heterocycles. The number of nitrogens with two attached hydrogens (primary N) is 1. The SMILES string of the molecule is CC1CC(C)C(NC2NC(N(C3=NC4CCC(S(N)(=O)=O)CC4S3)C3C(C)CC(C)CC3C)CC(C)C2N=Nc2c(C#N)c(C(C)(C)C)nn2C2=NC3CCC(S(=O)(=O)NC4CC(C(=O)[O-])CC(C(=O)[O-])C4)CC3S2)C(C)C1.[Na+].[Na+]. The van der Waals surface area contributed by atoms with Crippen molar-refractivity contribution in [3.8, 4) is 6.07 Å². The second-order valence-electron chi connectivity index (χ2n) is 26.4. The van der Waals surface area contributed by atoms with E-state index in [2.05, 4.69) is 74.8 Å². The third-order valence-electron chi connectivity index (χ3n) is 18.9. The number of hydrogen-bond donors (Lipinski definition) is 4. The molecule has 26 heteroatoms. The molecule has 1 aromatic heterocycles. The van der Waals surface area contributed by atoms with Gasteiger partial charge in [0, 0.05) is 57.8 Å². The molecule has 0 spiro atoms. The summed E-state index contributed by atoms with van der Waals surface area (Å²) in [6, 6.07) is 1.29. The van der Waals surface area contributed by atoms with E-state index < -0.39 is 65.8 Å². The van der Waals surface area contributed by atoms with Crippen LogP contribution in [0.4, 0.5) is 5.82 Å². The normalized spacial score (nSPS) is 39.6. The van der Waals surface area contributed by atoms with Gasteiger partial charge in [-0.05, 0) is 131 Å². The Morgan fingerprint density at radius 1 is 0.762 bits per heavy atom. The van der Waals surface area contributed by atoms with Crippen molar-refractivity contribution in [2.24, 2.45) is 78.6 Å². The van der Waals surface area contributed by atoms with Gasteiger partial charge in [0.1, 0.15) is 17.7 Å². The van der Waals surface area contributed by atoms with Gasteiger partial charge in [0.15, 0.2) is 16.2 Å². The fourth-order valence-electron chi connectivity index (χ4n) is 15.3. The number of fused-ring (bicyclic) bond motifs is 2. The van der Waals surface area contributed by atoms with Crippen LogP contribution in [0.1, 0.15) is 170 Å². The molecule has 80 heavy (non-hydrogen) atoms. The molecular formula is C54H84N12Na2O8S4. The number of sulfonamides is 2. The molecule has 0 radical (unpaired) electrons. The van der Waals surface area contributed by atoms with Crippen molar-refractivity contribution in [3.63, 3.8) is 0 Å². The Balaban J connectivity index is 0.00000462. The van der Waals surface area contributed by atoms with E-state index in [0.29, 0.717) is 78.5 Å².